The first-order chi connectivity index (χ1) is 10.6. The van der Waals surface area contributed by atoms with Crippen molar-refractivity contribution in [3.63, 3.8) is 0 Å². The van der Waals surface area contributed by atoms with Crippen LogP contribution in [0.5, 0.6) is 0 Å². The van der Waals surface area contributed by atoms with E-state index < -0.39 is 0 Å². The van der Waals surface area contributed by atoms with Crippen LogP contribution < -0.4 is 10.6 Å². The normalized spacial score (nSPS) is 10.3. The van der Waals surface area contributed by atoms with E-state index >= 15 is 0 Å². The molecule has 2 aromatic rings. The number of aromatic nitrogens is 1. The van der Waals surface area contributed by atoms with E-state index in [0.717, 1.165) is 35.3 Å². The third-order valence-electron chi connectivity index (χ3n) is 3.57. The van der Waals surface area contributed by atoms with E-state index in [2.05, 4.69) is 48.5 Å². The standard InChI is InChI=1S/C18H23N3O/c1-4-5-9-20-18(22)15-10-16(12-19-11-15)21-17-13(2)7-6-8-14(17)3/h6-8,10-12,21H,4-5,9H2,1-3H3,(H,20,22). The Bertz CT molecular complexity index is 632. The lowest BCUT2D eigenvalue weighted by atomic mass is 10.1. The Balaban J connectivity index is 2.13. The summed E-state index contributed by atoms with van der Waals surface area (Å²) < 4.78 is 0. The summed E-state index contributed by atoms with van der Waals surface area (Å²) in [6.07, 6.45) is 5.37. The van der Waals surface area contributed by atoms with E-state index in [1.165, 1.54) is 0 Å². The Morgan fingerprint density at radius 2 is 1.91 bits per heavy atom. The van der Waals surface area contributed by atoms with Crippen molar-refractivity contribution in [3.05, 3.63) is 53.3 Å². The smallest absolute Gasteiger partial charge is 0.252 e. The first kappa shape index (κ1) is 16.0. The Morgan fingerprint density at radius 1 is 1.18 bits per heavy atom. The molecule has 0 saturated carbocycles. The zero-order chi connectivity index (χ0) is 15.9. The van der Waals surface area contributed by atoms with Crippen LogP contribution in [0.4, 0.5) is 11.4 Å². The highest BCUT2D eigenvalue weighted by atomic mass is 16.1. The van der Waals surface area contributed by atoms with Crippen molar-refractivity contribution >= 4 is 17.3 Å². The minimum absolute atomic E-state index is 0.0777. The molecule has 1 aromatic heterocycles. The molecule has 0 spiro atoms. The van der Waals surface area contributed by atoms with Gasteiger partial charge in [-0.25, -0.2) is 0 Å². The molecule has 1 heterocycles. The van der Waals surface area contributed by atoms with E-state index in [1.54, 1.807) is 12.4 Å². The number of aryl methyl sites for hydroxylation is 2. The van der Waals surface area contributed by atoms with Gasteiger partial charge in [-0.15, -0.1) is 0 Å². The van der Waals surface area contributed by atoms with Crippen molar-refractivity contribution in [3.8, 4) is 0 Å². The number of para-hydroxylation sites is 1. The maximum absolute atomic E-state index is 12.1. The van der Waals surface area contributed by atoms with Gasteiger partial charge in [0.25, 0.3) is 5.91 Å². The number of rotatable bonds is 6. The van der Waals surface area contributed by atoms with Crippen LogP contribution in [0.2, 0.25) is 0 Å². The molecule has 1 amide bonds. The van der Waals surface area contributed by atoms with Crippen molar-refractivity contribution in [1.29, 1.82) is 0 Å². The van der Waals surface area contributed by atoms with Gasteiger partial charge in [-0.2, -0.15) is 0 Å². The quantitative estimate of drug-likeness (QED) is 0.793. The second-order valence-corrected chi connectivity index (χ2v) is 5.46. The summed E-state index contributed by atoms with van der Waals surface area (Å²) in [7, 11) is 0. The second-order valence-electron chi connectivity index (χ2n) is 5.46. The number of anilines is 2. The molecule has 0 fully saturated rings. The van der Waals surface area contributed by atoms with Crippen LogP contribution in [0.1, 0.15) is 41.3 Å². The number of hydrogen-bond donors (Lipinski definition) is 2. The Morgan fingerprint density at radius 3 is 2.59 bits per heavy atom. The Kier molecular flexibility index (Phi) is 5.53. The zero-order valence-electron chi connectivity index (χ0n) is 13.4. The molecule has 1 aromatic carbocycles. The summed E-state index contributed by atoms with van der Waals surface area (Å²) in [6, 6.07) is 7.99. The van der Waals surface area contributed by atoms with E-state index in [4.69, 9.17) is 0 Å². The van der Waals surface area contributed by atoms with Crippen molar-refractivity contribution in [2.24, 2.45) is 0 Å². The minimum Gasteiger partial charge on any atom is -0.354 e. The van der Waals surface area contributed by atoms with Crippen LogP contribution in [0.15, 0.2) is 36.7 Å². The molecular formula is C18H23N3O. The van der Waals surface area contributed by atoms with Crippen LogP contribution in [0, 0.1) is 13.8 Å². The number of pyridine rings is 1. The molecule has 0 atom stereocenters. The average molecular weight is 297 g/mol. The largest absolute Gasteiger partial charge is 0.354 e. The van der Waals surface area contributed by atoms with Crippen molar-refractivity contribution in [2.75, 3.05) is 11.9 Å². The summed E-state index contributed by atoms with van der Waals surface area (Å²) in [4.78, 5) is 16.2. The van der Waals surface area contributed by atoms with E-state index in [9.17, 15) is 4.79 Å². The van der Waals surface area contributed by atoms with Gasteiger partial charge in [0.15, 0.2) is 0 Å². The fourth-order valence-corrected chi connectivity index (χ4v) is 2.27. The Labute approximate surface area is 132 Å². The van der Waals surface area contributed by atoms with Crippen LogP contribution in [-0.4, -0.2) is 17.4 Å². The molecule has 0 aliphatic rings. The van der Waals surface area contributed by atoms with Crippen molar-refractivity contribution in [2.45, 2.75) is 33.6 Å². The number of amides is 1. The summed E-state index contributed by atoms with van der Waals surface area (Å²) in [5.74, 6) is -0.0777. The van der Waals surface area contributed by atoms with E-state index in [1.807, 2.05) is 12.1 Å². The van der Waals surface area contributed by atoms with Gasteiger partial charge >= 0.3 is 0 Å². The fraction of sp³-hybridized carbons (Fsp3) is 0.333. The van der Waals surface area contributed by atoms with Gasteiger partial charge in [-0.1, -0.05) is 31.5 Å². The molecule has 0 aliphatic heterocycles. The van der Waals surface area contributed by atoms with Crippen LogP contribution in [0.25, 0.3) is 0 Å². The second kappa shape index (κ2) is 7.59. The van der Waals surface area contributed by atoms with Crippen LogP contribution >= 0.6 is 0 Å². The van der Waals surface area contributed by atoms with Gasteiger partial charge in [-0.05, 0) is 37.5 Å². The molecule has 22 heavy (non-hydrogen) atoms. The Hall–Kier alpha value is -2.36. The SMILES string of the molecule is CCCCNC(=O)c1cncc(Nc2c(C)cccc2C)c1. The molecule has 2 rings (SSSR count). The van der Waals surface area contributed by atoms with Gasteiger partial charge in [0, 0.05) is 18.4 Å². The number of unbranched alkanes of at least 4 members (excludes halogenated alkanes) is 1. The lowest BCUT2D eigenvalue weighted by Crippen LogP contribution is -2.24. The number of nitrogens with one attached hydrogen (secondary N) is 2. The molecule has 116 valence electrons. The monoisotopic (exact) mass is 297 g/mol. The number of nitrogens with zero attached hydrogens (tertiary/aromatic N) is 1. The van der Waals surface area contributed by atoms with Gasteiger partial charge in [0.2, 0.25) is 0 Å². The molecule has 0 unspecified atom stereocenters. The lowest BCUT2D eigenvalue weighted by Gasteiger charge is -2.13. The van der Waals surface area contributed by atoms with Crippen LogP contribution in [-0.2, 0) is 0 Å². The highest BCUT2D eigenvalue weighted by Gasteiger charge is 2.08. The number of hydrogen-bond acceptors (Lipinski definition) is 3. The molecule has 4 heteroatoms. The summed E-state index contributed by atoms with van der Waals surface area (Å²) >= 11 is 0. The third-order valence-corrected chi connectivity index (χ3v) is 3.57. The maximum atomic E-state index is 12.1. The minimum atomic E-state index is -0.0777. The number of carbonyl (C=O) groups is 1. The number of benzene rings is 1. The van der Waals surface area contributed by atoms with Crippen molar-refractivity contribution in [1.82, 2.24) is 10.3 Å². The first-order valence-corrected chi connectivity index (χ1v) is 7.68. The molecule has 0 bridgehead atoms. The predicted octanol–water partition coefficient (Wildman–Crippen LogP) is 3.97. The van der Waals surface area contributed by atoms with Gasteiger partial charge < -0.3 is 10.6 Å². The first-order valence-electron chi connectivity index (χ1n) is 7.68. The third kappa shape index (κ3) is 4.07. The molecule has 2 N–H and O–H groups in total. The van der Waals surface area contributed by atoms with Gasteiger partial charge in [-0.3, -0.25) is 9.78 Å². The lowest BCUT2D eigenvalue weighted by molar-refractivity contribution is 0.0953. The van der Waals surface area contributed by atoms with Crippen LogP contribution in [0.3, 0.4) is 0 Å². The zero-order valence-corrected chi connectivity index (χ0v) is 13.4. The summed E-state index contributed by atoms with van der Waals surface area (Å²) in [5, 5.41) is 6.27. The summed E-state index contributed by atoms with van der Waals surface area (Å²) in [6.45, 7) is 6.92. The van der Waals surface area contributed by atoms with Gasteiger partial charge in [0.1, 0.15) is 0 Å². The molecule has 0 aliphatic carbocycles. The maximum Gasteiger partial charge on any atom is 0.252 e. The van der Waals surface area contributed by atoms with E-state index in [-0.39, 0.29) is 5.91 Å². The highest BCUT2D eigenvalue weighted by Crippen LogP contribution is 2.24. The highest BCUT2D eigenvalue weighted by molar-refractivity contribution is 5.94. The predicted molar refractivity (Wildman–Crippen MR) is 90.7 cm³/mol. The van der Waals surface area contributed by atoms with Crippen molar-refractivity contribution < 1.29 is 4.79 Å². The number of carbonyl (C=O) groups excluding carboxylic acids is 1. The summed E-state index contributed by atoms with van der Waals surface area (Å²) in [5.41, 5.74) is 4.79. The topological polar surface area (TPSA) is 54.0 Å². The molecule has 0 saturated heterocycles. The molecule has 0 radical (unpaired) electrons. The average Bonchev–Trinajstić information content (AvgIpc) is 2.51. The van der Waals surface area contributed by atoms with Gasteiger partial charge in [0.05, 0.1) is 17.4 Å². The molecule has 4 nitrogen and oxygen atoms in total. The molecular weight excluding hydrogens is 274 g/mol. The fourth-order valence-electron chi connectivity index (χ4n) is 2.27. The van der Waals surface area contributed by atoms with E-state index in [0.29, 0.717) is 12.1 Å².